The van der Waals surface area contributed by atoms with Crippen molar-refractivity contribution in [1.82, 2.24) is 20.2 Å². The van der Waals surface area contributed by atoms with Gasteiger partial charge >= 0.3 is 6.03 Å². The molecule has 0 atom stereocenters. The number of hydrogen-bond acceptors (Lipinski definition) is 6. The fourth-order valence-corrected chi connectivity index (χ4v) is 4.15. The molecule has 2 aromatic heterocycles. The number of amides is 3. The lowest BCUT2D eigenvalue weighted by Gasteiger charge is -2.35. The summed E-state index contributed by atoms with van der Waals surface area (Å²) in [5.41, 5.74) is 1.59. The topological polar surface area (TPSA) is 90.5 Å². The smallest absolute Gasteiger partial charge is 0.323 e. The summed E-state index contributed by atoms with van der Waals surface area (Å²) >= 11 is 7.18. The van der Waals surface area contributed by atoms with E-state index in [0.717, 1.165) is 24.5 Å². The van der Waals surface area contributed by atoms with Crippen molar-refractivity contribution in [1.29, 1.82) is 0 Å². The van der Waals surface area contributed by atoms with Gasteiger partial charge in [-0.05, 0) is 29.8 Å². The summed E-state index contributed by atoms with van der Waals surface area (Å²) in [6.45, 7) is 3.08. The second-order valence-electron chi connectivity index (χ2n) is 7.32. The van der Waals surface area contributed by atoms with Crippen molar-refractivity contribution in [3.05, 3.63) is 70.3 Å². The number of pyridine rings is 1. The van der Waals surface area contributed by atoms with Gasteiger partial charge in [0.15, 0.2) is 5.13 Å². The molecule has 32 heavy (non-hydrogen) atoms. The molecule has 1 aliphatic rings. The highest BCUT2D eigenvalue weighted by Gasteiger charge is 2.22. The quantitative estimate of drug-likeness (QED) is 0.576. The van der Waals surface area contributed by atoms with E-state index in [1.807, 2.05) is 30.3 Å². The third-order valence-corrected chi connectivity index (χ3v) is 6.11. The molecule has 1 aromatic carbocycles. The van der Waals surface area contributed by atoms with E-state index in [9.17, 15) is 9.59 Å². The van der Waals surface area contributed by atoms with Crippen molar-refractivity contribution in [3.8, 4) is 0 Å². The normalized spacial score (nSPS) is 13.7. The van der Waals surface area contributed by atoms with Gasteiger partial charge in [0.2, 0.25) is 5.91 Å². The Balaban J connectivity index is 1.22. The first-order chi connectivity index (χ1) is 15.6. The molecule has 1 saturated heterocycles. The summed E-state index contributed by atoms with van der Waals surface area (Å²) in [6.07, 6.45) is 1.93. The lowest BCUT2D eigenvalue weighted by atomic mass is 10.2. The Bertz CT molecular complexity index is 1050. The van der Waals surface area contributed by atoms with Crippen LogP contribution >= 0.6 is 22.9 Å². The zero-order chi connectivity index (χ0) is 22.3. The average molecular weight is 471 g/mol. The molecule has 3 amide bonds. The highest BCUT2D eigenvalue weighted by Crippen LogP contribution is 2.18. The minimum atomic E-state index is -0.182. The summed E-state index contributed by atoms with van der Waals surface area (Å²) in [7, 11) is 0. The molecule has 4 rings (SSSR count). The molecular formula is C22H23ClN6O2S. The van der Waals surface area contributed by atoms with Gasteiger partial charge in [-0.1, -0.05) is 29.8 Å². The number of aromatic nitrogens is 2. The van der Waals surface area contributed by atoms with Gasteiger partial charge in [0, 0.05) is 49.3 Å². The Hall–Kier alpha value is -3.17. The SMILES string of the molecule is O=C(Cc1csc(NC(=O)N2CCN(c3ccccn3)CC2)n1)NCc1ccc(Cl)cc1. The molecule has 8 nitrogen and oxygen atoms in total. The van der Waals surface area contributed by atoms with Crippen molar-refractivity contribution >= 4 is 45.8 Å². The molecule has 0 bridgehead atoms. The number of anilines is 2. The van der Waals surface area contributed by atoms with Crippen LogP contribution in [0.1, 0.15) is 11.3 Å². The molecule has 0 unspecified atom stereocenters. The molecule has 0 saturated carbocycles. The molecule has 1 fully saturated rings. The van der Waals surface area contributed by atoms with E-state index in [1.54, 1.807) is 28.6 Å². The van der Waals surface area contributed by atoms with Crippen LogP contribution < -0.4 is 15.5 Å². The van der Waals surface area contributed by atoms with Gasteiger partial charge in [-0.2, -0.15) is 0 Å². The minimum Gasteiger partial charge on any atom is -0.353 e. The van der Waals surface area contributed by atoms with Gasteiger partial charge in [0.25, 0.3) is 0 Å². The molecule has 1 aliphatic heterocycles. The van der Waals surface area contributed by atoms with Crippen molar-refractivity contribution in [3.63, 3.8) is 0 Å². The predicted octanol–water partition coefficient (Wildman–Crippen LogP) is 3.40. The fourth-order valence-electron chi connectivity index (χ4n) is 3.33. The number of carbonyl (C=O) groups excluding carboxylic acids is 2. The van der Waals surface area contributed by atoms with Gasteiger partial charge in [-0.25, -0.2) is 14.8 Å². The van der Waals surface area contributed by atoms with Crippen LogP contribution in [0.25, 0.3) is 0 Å². The van der Waals surface area contributed by atoms with Crippen LogP contribution in [0.5, 0.6) is 0 Å². The Kier molecular flexibility index (Phi) is 7.18. The van der Waals surface area contributed by atoms with E-state index in [0.29, 0.717) is 35.5 Å². The molecule has 166 valence electrons. The summed E-state index contributed by atoms with van der Waals surface area (Å²) in [4.78, 5) is 37.4. The van der Waals surface area contributed by atoms with E-state index in [2.05, 4.69) is 25.5 Å². The highest BCUT2D eigenvalue weighted by atomic mass is 35.5. The summed E-state index contributed by atoms with van der Waals surface area (Å²) in [6, 6.07) is 13.0. The van der Waals surface area contributed by atoms with Gasteiger partial charge in [0.1, 0.15) is 5.82 Å². The lowest BCUT2D eigenvalue weighted by molar-refractivity contribution is -0.120. The average Bonchev–Trinajstić information content (AvgIpc) is 3.26. The zero-order valence-electron chi connectivity index (χ0n) is 17.3. The zero-order valence-corrected chi connectivity index (χ0v) is 18.9. The molecule has 0 spiro atoms. The van der Waals surface area contributed by atoms with Crippen LogP contribution in [0, 0.1) is 0 Å². The third kappa shape index (κ3) is 5.95. The number of nitrogens with one attached hydrogen (secondary N) is 2. The van der Waals surface area contributed by atoms with Crippen LogP contribution in [0.2, 0.25) is 5.02 Å². The summed E-state index contributed by atoms with van der Waals surface area (Å²) in [5, 5.41) is 8.64. The first kappa shape index (κ1) is 22.0. The van der Waals surface area contributed by atoms with Crippen molar-refractivity contribution in [2.75, 3.05) is 36.4 Å². The van der Waals surface area contributed by atoms with Crippen molar-refractivity contribution < 1.29 is 9.59 Å². The number of piperazine rings is 1. The largest absolute Gasteiger partial charge is 0.353 e. The standard InChI is InChI=1S/C22H23ClN6O2S/c23-17-6-4-16(5-7-17)14-25-20(30)13-18-15-32-21(26-18)27-22(31)29-11-9-28(10-12-29)19-3-1-2-8-24-19/h1-8,15H,9-14H2,(H,25,30)(H,26,27,31). The molecule has 3 heterocycles. The Morgan fingerprint density at radius 3 is 2.56 bits per heavy atom. The van der Waals surface area contributed by atoms with Crippen LogP contribution in [-0.4, -0.2) is 53.0 Å². The molecular weight excluding hydrogens is 448 g/mol. The molecule has 0 radical (unpaired) electrons. The maximum absolute atomic E-state index is 12.6. The maximum atomic E-state index is 12.6. The number of nitrogens with zero attached hydrogens (tertiary/aromatic N) is 4. The van der Waals surface area contributed by atoms with Crippen LogP contribution in [0.3, 0.4) is 0 Å². The maximum Gasteiger partial charge on any atom is 0.323 e. The minimum absolute atomic E-state index is 0.131. The van der Waals surface area contributed by atoms with E-state index in [-0.39, 0.29) is 18.4 Å². The highest BCUT2D eigenvalue weighted by molar-refractivity contribution is 7.13. The second kappa shape index (κ2) is 10.4. The lowest BCUT2D eigenvalue weighted by Crippen LogP contribution is -2.50. The monoisotopic (exact) mass is 470 g/mol. The van der Waals surface area contributed by atoms with Gasteiger partial charge < -0.3 is 15.1 Å². The van der Waals surface area contributed by atoms with E-state index < -0.39 is 0 Å². The number of carbonyl (C=O) groups is 2. The second-order valence-corrected chi connectivity index (χ2v) is 8.61. The molecule has 10 heteroatoms. The van der Waals surface area contributed by atoms with E-state index >= 15 is 0 Å². The Morgan fingerprint density at radius 1 is 1.06 bits per heavy atom. The van der Waals surface area contributed by atoms with E-state index in [1.165, 1.54) is 11.3 Å². The Labute approximate surface area is 195 Å². The third-order valence-electron chi connectivity index (χ3n) is 5.05. The number of thiazole rings is 1. The molecule has 2 N–H and O–H groups in total. The Morgan fingerprint density at radius 2 is 1.84 bits per heavy atom. The number of urea groups is 1. The number of halogens is 1. The summed E-state index contributed by atoms with van der Waals surface area (Å²) < 4.78 is 0. The first-order valence-electron chi connectivity index (χ1n) is 10.2. The van der Waals surface area contributed by atoms with E-state index in [4.69, 9.17) is 11.6 Å². The summed E-state index contributed by atoms with van der Waals surface area (Å²) in [5.74, 6) is 0.792. The first-order valence-corrected chi connectivity index (χ1v) is 11.5. The fraction of sp³-hybridized carbons (Fsp3) is 0.273. The van der Waals surface area contributed by atoms with Gasteiger partial charge in [-0.15, -0.1) is 11.3 Å². The molecule has 3 aromatic rings. The van der Waals surface area contributed by atoms with Crippen molar-refractivity contribution in [2.24, 2.45) is 0 Å². The number of rotatable bonds is 6. The van der Waals surface area contributed by atoms with Crippen LogP contribution in [0.4, 0.5) is 15.7 Å². The molecule has 0 aliphatic carbocycles. The van der Waals surface area contributed by atoms with Gasteiger partial charge in [-0.3, -0.25) is 10.1 Å². The van der Waals surface area contributed by atoms with Crippen molar-refractivity contribution in [2.45, 2.75) is 13.0 Å². The van der Waals surface area contributed by atoms with Crippen LogP contribution in [-0.2, 0) is 17.8 Å². The number of hydrogen-bond donors (Lipinski definition) is 2. The van der Waals surface area contributed by atoms with Crippen LogP contribution in [0.15, 0.2) is 54.0 Å². The number of benzene rings is 1. The van der Waals surface area contributed by atoms with Gasteiger partial charge in [0.05, 0.1) is 12.1 Å². The predicted molar refractivity (Wildman–Crippen MR) is 126 cm³/mol.